The fraction of sp³-hybridized carbons (Fsp3) is 0.375. The van der Waals surface area contributed by atoms with Gasteiger partial charge in [0, 0.05) is 42.2 Å². The lowest BCUT2D eigenvalue weighted by atomic mass is 10.1. The molecule has 0 radical (unpaired) electrons. The van der Waals surface area contributed by atoms with Crippen molar-refractivity contribution in [2.24, 2.45) is 0 Å². The summed E-state index contributed by atoms with van der Waals surface area (Å²) in [5, 5.41) is 7.95. The van der Waals surface area contributed by atoms with Gasteiger partial charge >= 0.3 is 0 Å². The summed E-state index contributed by atoms with van der Waals surface area (Å²) in [5.74, 6) is 0.129. The summed E-state index contributed by atoms with van der Waals surface area (Å²) in [4.78, 5) is 16.0. The van der Waals surface area contributed by atoms with Gasteiger partial charge in [-0.05, 0) is 36.6 Å². The van der Waals surface area contributed by atoms with Crippen LogP contribution in [-0.4, -0.2) is 23.5 Å². The molecular formula is C16H18ClN3O. The Bertz CT molecular complexity index is 655. The number of carbonyl (C=O) groups excluding carboxylic acids is 1. The molecule has 0 saturated heterocycles. The first-order valence-corrected chi connectivity index (χ1v) is 7.64. The lowest BCUT2D eigenvalue weighted by Crippen LogP contribution is -2.29. The van der Waals surface area contributed by atoms with Crippen LogP contribution in [0.1, 0.15) is 24.8 Å². The molecule has 1 aromatic heterocycles. The smallest absolute Gasteiger partial charge is 0.221 e. The number of carbonyl (C=O) groups is 1. The van der Waals surface area contributed by atoms with E-state index in [9.17, 15) is 4.79 Å². The second-order valence-corrected chi connectivity index (χ2v) is 5.78. The Kier molecular flexibility index (Phi) is 4.36. The first kappa shape index (κ1) is 14.3. The van der Waals surface area contributed by atoms with E-state index in [1.54, 1.807) is 6.20 Å². The number of fused-ring (bicyclic) bond motifs is 1. The molecule has 3 rings (SSSR count). The summed E-state index contributed by atoms with van der Waals surface area (Å²) in [7, 11) is 0. The number of rotatable bonds is 6. The van der Waals surface area contributed by atoms with E-state index in [1.807, 2.05) is 24.3 Å². The van der Waals surface area contributed by atoms with Crippen molar-refractivity contribution in [3.8, 4) is 0 Å². The molecule has 0 unspecified atom stereocenters. The summed E-state index contributed by atoms with van der Waals surface area (Å²) >= 11 is 6.17. The molecule has 0 aliphatic heterocycles. The van der Waals surface area contributed by atoms with Crippen molar-refractivity contribution in [3.63, 3.8) is 0 Å². The highest BCUT2D eigenvalue weighted by molar-refractivity contribution is 6.35. The Morgan fingerprint density at radius 2 is 2.19 bits per heavy atom. The number of benzene rings is 1. The average molecular weight is 304 g/mol. The number of pyridine rings is 1. The molecule has 0 atom stereocenters. The molecule has 5 heteroatoms. The molecule has 2 aromatic rings. The molecule has 1 aliphatic carbocycles. The second-order valence-electron chi connectivity index (χ2n) is 5.37. The van der Waals surface area contributed by atoms with Crippen molar-refractivity contribution in [1.82, 2.24) is 15.6 Å². The van der Waals surface area contributed by atoms with Gasteiger partial charge in [0.15, 0.2) is 0 Å². The van der Waals surface area contributed by atoms with Crippen LogP contribution in [-0.2, 0) is 11.3 Å². The van der Waals surface area contributed by atoms with Crippen LogP contribution in [0.5, 0.6) is 0 Å². The zero-order valence-electron chi connectivity index (χ0n) is 11.7. The summed E-state index contributed by atoms with van der Waals surface area (Å²) < 4.78 is 0. The molecule has 1 heterocycles. The Hall–Kier alpha value is -1.65. The van der Waals surface area contributed by atoms with Crippen LogP contribution in [0.15, 0.2) is 30.5 Å². The predicted octanol–water partition coefficient (Wildman–Crippen LogP) is 2.65. The maximum Gasteiger partial charge on any atom is 0.221 e. The van der Waals surface area contributed by atoms with Gasteiger partial charge in [-0.25, -0.2) is 0 Å². The van der Waals surface area contributed by atoms with E-state index in [0.717, 1.165) is 29.3 Å². The average Bonchev–Trinajstić information content (AvgIpc) is 3.30. The highest BCUT2D eigenvalue weighted by Gasteiger charge is 2.22. The van der Waals surface area contributed by atoms with E-state index < -0.39 is 0 Å². The van der Waals surface area contributed by atoms with Crippen LogP contribution in [0.4, 0.5) is 0 Å². The maximum atomic E-state index is 11.6. The number of hydrogen-bond donors (Lipinski definition) is 2. The molecule has 1 fully saturated rings. The molecule has 110 valence electrons. The van der Waals surface area contributed by atoms with Crippen LogP contribution in [0, 0.1) is 0 Å². The second kappa shape index (κ2) is 6.41. The molecule has 2 N–H and O–H groups in total. The summed E-state index contributed by atoms with van der Waals surface area (Å²) in [6, 6.07) is 8.16. The van der Waals surface area contributed by atoms with Crippen LogP contribution in [0.3, 0.4) is 0 Å². The quantitative estimate of drug-likeness (QED) is 0.807. The van der Waals surface area contributed by atoms with E-state index in [-0.39, 0.29) is 5.91 Å². The topological polar surface area (TPSA) is 54.0 Å². The molecule has 1 saturated carbocycles. The largest absolute Gasteiger partial charge is 0.353 e. The van der Waals surface area contributed by atoms with E-state index in [2.05, 4.69) is 15.6 Å². The Labute approximate surface area is 128 Å². The van der Waals surface area contributed by atoms with Crippen LogP contribution < -0.4 is 10.6 Å². The lowest BCUT2D eigenvalue weighted by molar-refractivity contribution is -0.121. The molecule has 21 heavy (non-hydrogen) atoms. The summed E-state index contributed by atoms with van der Waals surface area (Å²) in [6.07, 6.45) is 4.53. The zero-order chi connectivity index (χ0) is 14.7. The number of nitrogens with zero attached hydrogens (tertiary/aromatic N) is 1. The normalized spacial score (nSPS) is 14.3. The standard InChI is InChI=1S/C16H18ClN3O/c17-14-6-3-11(16-13(14)2-1-8-19-16)10-18-9-7-15(21)20-12-4-5-12/h1-3,6,8,12,18H,4-5,7,9-10H2,(H,20,21). The van der Waals surface area contributed by atoms with Gasteiger partial charge in [-0.1, -0.05) is 17.7 Å². The van der Waals surface area contributed by atoms with Gasteiger partial charge in [0.05, 0.1) is 5.52 Å². The van der Waals surface area contributed by atoms with Crippen molar-refractivity contribution in [3.05, 3.63) is 41.0 Å². The molecule has 1 aromatic carbocycles. The molecule has 1 aliphatic rings. The highest BCUT2D eigenvalue weighted by atomic mass is 35.5. The van der Waals surface area contributed by atoms with E-state index in [0.29, 0.717) is 30.6 Å². The molecule has 0 spiro atoms. The van der Waals surface area contributed by atoms with Crippen LogP contribution >= 0.6 is 11.6 Å². The minimum atomic E-state index is 0.129. The number of halogens is 1. The fourth-order valence-electron chi connectivity index (χ4n) is 2.29. The van der Waals surface area contributed by atoms with Gasteiger partial charge in [0.25, 0.3) is 0 Å². The lowest BCUT2D eigenvalue weighted by Gasteiger charge is -2.09. The Balaban J connectivity index is 1.55. The molecule has 1 amide bonds. The Morgan fingerprint density at radius 1 is 1.33 bits per heavy atom. The van der Waals surface area contributed by atoms with E-state index in [4.69, 9.17) is 11.6 Å². The SMILES string of the molecule is O=C(CCNCc1ccc(Cl)c2cccnc12)NC1CC1. The van der Waals surface area contributed by atoms with Crippen molar-refractivity contribution in [2.75, 3.05) is 6.54 Å². The monoisotopic (exact) mass is 303 g/mol. The summed E-state index contributed by atoms with van der Waals surface area (Å²) in [5.41, 5.74) is 2.01. The predicted molar refractivity (Wildman–Crippen MR) is 84.2 cm³/mol. The van der Waals surface area contributed by atoms with Gasteiger partial charge < -0.3 is 10.6 Å². The van der Waals surface area contributed by atoms with Gasteiger partial charge in [-0.3, -0.25) is 9.78 Å². The van der Waals surface area contributed by atoms with Gasteiger partial charge in [0.2, 0.25) is 5.91 Å². The molecule has 0 bridgehead atoms. The van der Waals surface area contributed by atoms with Gasteiger partial charge in [-0.2, -0.15) is 0 Å². The van der Waals surface area contributed by atoms with Gasteiger partial charge in [0.1, 0.15) is 0 Å². The van der Waals surface area contributed by atoms with Crippen LogP contribution in [0.25, 0.3) is 10.9 Å². The number of amides is 1. The highest BCUT2D eigenvalue weighted by Crippen LogP contribution is 2.24. The minimum Gasteiger partial charge on any atom is -0.353 e. The number of aromatic nitrogens is 1. The third kappa shape index (κ3) is 3.71. The number of nitrogens with one attached hydrogen (secondary N) is 2. The van der Waals surface area contributed by atoms with E-state index in [1.165, 1.54) is 0 Å². The molecular weight excluding hydrogens is 286 g/mol. The third-order valence-corrected chi connectivity index (χ3v) is 3.92. The van der Waals surface area contributed by atoms with Crippen molar-refractivity contribution < 1.29 is 4.79 Å². The van der Waals surface area contributed by atoms with Gasteiger partial charge in [-0.15, -0.1) is 0 Å². The minimum absolute atomic E-state index is 0.129. The van der Waals surface area contributed by atoms with Crippen LogP contribution in [0.2, 0.25) is 5.02 Å². The number of hydrogen-bond acceptors (Lipinski definition) is 3. The fourth-order valence-corrected chi connectivity index (χ4v) is 2.51. The Morgan fingerprint density at radius 3 is 3.00 bits per heavy atom. The molecule has 4 nitrogen and oxygen atoms in total. The third-order valence-electron chi connectivity index (χ3n) is 3.59. The van der Waals surface area contributed by atoms with Crippen molar-refractivity contribution in [1.29, 1.82) is 0 Å². The maximum absolute atomic E-state index is 11.6. The zero-order valence-corrected chi connectivity index (χ0v) is 12.5. The first-order chi connectivity index (χ1) is 10.2. The van der Waals surface area contributed by atoms with Crippen molar-refractivity contribution in [2.45, 2.75) is 31.8 Å². The van der Waals surface area contributed by atoms with E-state index >= 15 is 0 Å². The summed E-state index contributed by atoms with van der Waals surface area (Å²) in [6.45, 7) is 1.34. The first-order valence-electron chi connectivity index (χ1n) is 7.26. The van der Waals surface area contributed by atoms with Crippen molar-refractivity contribution >= 4 is 28.4 Å².